The van der Waals surface area contributed by atoms with E-state index in [2.05, 4.69) is 31.0 Å². The van der Waals surface area contributed by atoms with Crippen LogP contribution in [0.1, 0.15) is 16.7 Å². The Balaban J connectivity index is 2.00. The number of fused-ring (bicyclic) bond motifs is 1. The number of carbonyl (C=O) groups excluding carboxylic acids is 1. The first-order valence-electron chi connectivity index (χ1n) is 7.54. The Morgan fingerprint density at radius 2 is 1.88 bits per heavy atom. The number of aryl methyl sites for hydroxylation is 3. The maximum Gasteiger partial charge on any atom is 0.272 e. The molecular formula is C19H17ClN2OS. The summed E-state index contributed by atoms with van der Waals surface area (Å²) >= 11 is 7.62. The van der Waals surface area contributed by atoms with Gasteiger partial charge in [0, 0.05) is 18.1 Å². The molecule has 0 N–H and O–H groups in total. The third-order valence-electron chi connectivity index (χ3n) is 3.86. The molecule has 0 fully saturated rings. The van der Waals surface area contributed by atoms with Crippen LogP contribution < -0.4 is 4.80 Å². The number of hydrogen-bond acceptors (Lipinski definition) is 2. The topological polar surface area (TPSA) is 34.4 Å². The van der Waals surface area contributed by atoms with Crippen molar-refractivity contribution in [2.24, 2.45) is 12.0 Å². The molecule has 3 aromatic rings. The second-order valence-corrected chi connectivity index (χ2v) is 7.01. The summed E-state index contributed by atoms with van der Waals surface area (Å²) in [6, 6.07) is 11.6. The molecule has 0 bridgehead atoms. The molecule has 122 valence electrons. The van der Waals surface area contributed by atoms with Gasteiger partial charge < -0.3 is 4.57 Å². The molecular weight excluding hydrogens is 340 g/mol. The Morgan fingerprint density at radius 1 is 1.17 bits per heavy atom. The Morgan fingerprint density at radius 3 is 2.58 bits per heavy atom. The Hall–Kier alpha value is -2.17. The highest BCUT2D eigenvalue weighted by molar-refractivity contribution is 7.16. The number of amides is 1. The summed E-state index contributed by atoms with van der Waals surface area (Å²) in [4.78, 5) is 17.1. The van der Waals surface area contributed by atoms with Crippen molar-refractivity contribution in [3.63, 3.8) is 0 Å². The summed E-state index contributed by atoms with van der Waals surface area (Å²) in [7, 11) is 1.94. The fraction of sp³-hybridized carbons (Fsp3) is 0.158. The van der Waals surface area contributed by atoms with Crippen LogP contribution in [0.15, 0.2) is 47.5 Å². The number of benzene rings is 2. The molecule has 3 rings (SSSR count). The van der Waals surface area contributed by atoms with Gasteiger partial charge in [0.2, 0.25) is 0 Å². The van der Waals surface area contributed by atoms with Crippen LogP contribution in [-0.2, 0) is 11.8 Å². The quantitative estimate of drug-likeness (QED) is 0.615. The minimum Gasteiger partial charge on any atom is -0.319 e. The van der Waals surface area contributed by atoms with Crippen molar-refractivity contribution >= 4 is 45.1 Å². The lowest BCUT2D eigenvalue weighted by atomic mass is 10.1. The Bertz CT molecular complexity index is 1030. The molecule has 0 unspecified atom stereocenters. The lowest BCUT2D eigenvalue weighted by Gasteiger charge is -2.01. The van der Waals surface area contributed by atoms with E-state index in [1.54, 1.807) is 12.1 Å². The zero-order valence-corrected chi connectivity index (χ0v) is 15.3. The highest BCUT2D eigenvalue weighted by atomic mass is 35.5. The van der Waals surface area contributed by atoms with Crippen molar-refractivity contribution in [2.75, 3.05) is 0 Å². The number of carbonyl (C=O) groups is 1. The molecule has 1 heterocycles. The van der Waals surface area contributed by atoms with Crippen LogP contribution in [0.5, 0.6) is 0 Å². The summed E-state index contributed by atoms with van der Waals surface area (Å²) in [5.41, 5.74) is 4.29. The molecule has 24 heavy (non-hydrogen) atoms. The fourth-order valence-corrected chi connectivity index (χ4v) is 3.94. The monoisotopic (exact) mass is 356 g/mol. The third-order valence-corrected chi connectivity index (χ3v) is 5.47. The van der Waals surface area contributed by atoms with Crippen LogP contribution in [0.4, 0.5) is 0 Å². The van der Waals surface area contributed by atoms with Gasteiger partial charge in [-0.2, -0.15) is 4.99 Å². The van der Waals surface area contributed by atoms with Gasteiger partial charge in [0.05, 0.1) is 10.2 Å². The molecule has 1 amide bonds. The zero-order chi connectivity index (χ0) is 17.3. The summed E-state index contributed by atoms with van der Waals surface area (Å²) in [6.07, 6.45) is 3.14. The van der Waals surface area contributed by atoms with Crippen LogP contribution in [0.2, 0.25) is 5.02 Å². The van der Waals surface area contributed by atoms with E-state index in [1.165, 1.54) is 33.2 Å². The van der Waals surface area contributed by atoms with Crippen molar-refractivity contribution < 1.29 is 4.79 Å². The van der Waals surface area contributed by atoms with Gasteiger partial charge in [-0.05, 0) is 42.7 Å². The molecule has 1 aromatic heterocycles. The first-order chi connectivity index (χ1) is 11.5. The highest BCUT2D eigenvalue weighted by Gasteiger charge is 2.08. The van der Waals surface area contributed by atoms with Gasteiger partial charge in [0.25, 0.3) is 5.91 Å². The van der Waals surface area contributed by atoms with E-state index < -0.39 is 0 Å². The van der Waals surface area contributed by atoms with E-state index in [-0.39, 0.29) is 5.91 Å². The SMILES string of the molecule is Cc1ccc(C)c2c1sc(=NC(=O)/C=C/c1ccccc1Cl)n2C. The summed E-state index contributed by atoms with van der Waals surface area (Å²) in [6.45, 7) is 4.14. The number of thiazole rings is 1. The van der Waals surface area contributed by atoms with Crippen LogP contribution in [0.3, 0.4) is 0 Å². The average Bonchev–Trinajstić information content (AvgIpc) is 2.88. The van der Waals surface area contributed by atoms with Crippen LogP contribution >= 0.6 is 22.9 Å². The lowest BCUT2D eigenvalue weighted by Crippen LogP contribution is -2.12. The smallest absolute Gasteiger partial charge is 0.272 e. The number of nitrogens with zero attached hydrogens (tertiary/aromatic N) is 2. The number of aromatic nitrogens is 1. The minimum absolute atomic E-state index is 0.299. The van der Waals surface area contributed by atoms with Crippen molar-refractivity contribution in [3.05, 3.63) is 69.0 Å². The van der Waals surface area contributed by atoms with Gasteiger partial charge in [-0.3, -0.25) is 4.79 Å². The van der Waals surface area contributed by atoms with E-state index in [1.807, 2.05) is 29.8 Å². The molecule has 0 saturated carbocycles. The minimum atomic E-state index is -0.299. The molecule has 0 aliphatic heterocycles. The van der Waals surface area contributed by atoms with Gasteiger partial charge >= 0.3 is 0 Å². The molecule has 0 atom stereocenters. The molecule has 0 radical (unpaired) electrons. The van der Waals surface area contributed by atoms with E-state index >= 15 is 0 Å². The van der Waals surface area contributed by atoms with E-state index in [4.69, 9.17) is 11.6 Å². The zero-order valence-electron chi connectivity index (χ0n) is 13.7. The first kappa shape index (κ1) is 16.7. The van der Waals surface area contributed by atoms with Crippen LogP contribution in [0, 0.1) is 13.8 Å². The third kappa shape index (κ3) is 3.21. The predicted octanol–water partition coefficient (Wildman–Crippen LogP) is 4.65. The van der Waals surface area contributed by atoms with Gasteiger partial charge in [-0.15, -0.1) is 0 Å². The second-order valence-electron chi connectivity index (χ2n) is 5.63. The molecule has 3 nitrogen and oxygen atoms in total. The largest absolute Gasteiger partial charge is 0.319 e. The molecule has 5 heteroatoms. The van der Waals surface area contributed by atoms with Crippen molar-refractivity contribution in [3.8, 4) is 0 Å². The molecule has 2 aromatic carbocycles. The van der Waals surface area contributed by atoms with Gasteiger partial charge in [0.15, 0.2) is 4.80 Å². The molecule has 0 aliphatic rings. The molecule has 0 aliphatic carbocycles. The first-order valence-corrected chi connectivity index (χ1v) is 8.74. The van der Waals surface area contributed by atoms with Crippen molar-refractivity contribution in [1.29, 1.82) is 0 Å². The van der Waals surface area contributed by atoms with Crippen molar-refractivity contribution in [1.82, 2.24) is 4.57 Å². The van der Waals surface area contributed by atoms with Gasteiger partial charge in [-0.1, -0.05) is 53.3 Å². The second kappa shape index (κ2) is 6.75. The van der Waals surface area contributed by atoms with E-state index in [0.29, 0.717) is 9.82 Å². The highest BCUT2D eigenvalue weighted by Crippen LogP contribution is 2.24. The maximum absolute atomic E-state index is 12.2. The molecule has 0 spiro atoms. The lowest BCUT2D eigenvalue weighted by molar-refractivity contribution is -0.113. The summed E-state index contributed by atoms with van der Waals surface area (Å²) in [5.74, 6) is -0.299. The average molecular weight is 357 g/mol. The van der Waals surface area contributed by atoms with Crippen molar-refractivity contribution in [2.45, 2.75) is 13.8 Å². The standard InChI is InChI=1S/C19H17ClN2OS/c1-12-8-9-13(2)18-17(12)22(3)19(24-18)21-16(23)11-10-14-6-4-5-7-15(14)20/h4-11H,1-3H3/b11-10+,21-19?. The summed E-state index contributed by atoms with van der Waals surface area (Å²) < 4.78 is 3.14. The van der Waals surface area contributed by atoms with Gasteiger partial charge in [0.1, 0.15) is 0 Å². The van der Waals surface area contributed by atoms with Gasteiger partial charge in [-0.25, -0.2) is 0 Å². The summed E-state index contributed by atoms with van der Waals surface area (Å²) in [5, 5.41) is 0.611. The normalized spacial score (nSPS) is 12.4. The Kier molecular flexibility index (Phi) is 4.69. The predicted molar refractivity (Wildman–Crippen MR) is 101 cm³/mol. The molecule has 0 saturated heterocycles. The maximum atomic E-state index is 12.2. The Labute approximate surface area is 149 Å². The van der Waals surface area contributed by atoms with E-state index in [0.717, 1.165) is 11.1 Å². The number of halogens is 1. The fourth-order valence-electron chi connectivity index (χ4n) is 2.57. The van der Waals surface area contributed by atoms with Crippen LogP contribution in [0.25, 0.3) is 16.3 Å². The number of hydrogen-bond donors (Lipinski definition) is 0. The van der Waals surface area contributed by atoms with Crippen LogP contribution in [-0.4, -0.2) is 10.5 Å². The number of rotatable bonds is 2. The van der Waals surface area contributed by atoms with E-state index in [9.17, 15) is 4.79 Å².